The van der Waals surface area contributed by atoms with Crippen LogP contribution in [-0.2, 0) is 0 Å². The van der Waals surface area contributed by atoms with Crippen molar-refractivity contribution < 1.29 is 5.11 Å². The van der Waals surface area contributed by atoms with Crippen LogP contribution in [0.2, 0.25) is 5.02 Å². The highest BCUT2D eigenvalue weighted by Gasteiger charge is 2.20. The Bertz CT molecular complexity index is 408. The van der Waals surface area contributed by atoms with Gasteiger partial charge in [0.15, 0.2) is 5.82 Å². The van der Waals surface area contributed by atoms with Crippen molar-refractivity contribution in [3.05, 3.63) is 21.7 Å². The van der Waals surface area contributed by atoms with E-state index < -0.39 is 11.2 Å². The second-order valence-electron chi connectivity index (χ2n) is 3.68. The predicted octanol–water partition coefficient (Wildman–Crippen LogP) is 0.949. The van der Waals surface area contributed by atoms with Gasteiger partial charge < -0.3 is 15.4 Å². The van der Waals surface area contributed by atoms with Crippen molar-refractivity contribution in [1.29, 1.82) is 0 Å². The number of thioether (sulfide) groups is 1. The number of H-pyrrole nitrogens is 1. The minimum Gasteiger partial charge on any atom is -0.387 e. The summed E-state index contributed by atoms with van der Waals surface area (Å²) in [7, 11) is 0. The lowest BCUT2D eigenvalue weighted by Gasteiger charge is -2.22. The van der Waals surface area contributed by atoms with Gasteiger partial charge >= 0.3 is 0 Å². The lowest BCUT2D eigenvalue weighted by atomic mass is 10.1. The van der Waals surface area contributed by atoms with Crippen molar-refractivity contribution >= 4 is 29.2 Å². The summed E-state index contributed by atoms with van der Waals surface area (Å²) in [6, 6.07) is 0. The average molecular weight is 264 g/mol. The normalized spacial score (nSPS) is 14.5. The lowest BCUT2D eigenvalue weighted by Crippen LogP contribution is -2.36. The van der Waals surface area contributed by atoms with E-state index >= 15 is 0 Å². The molecule has 0 aliphatic carbocycles. The van der Waals surface area contributed by atoms with Crippen molar-refractivity contribution in [2.24, 2.45) is 0 Å². The maximum Gasteiger partial charge on any atom is 0.271 e. The van der Waals surface area contributed by atoms with E-state index in [0.29, 0.717) is 5.75 Å². The number of anilines is 1. The lowest BCUT2D eigenvalue weighted by molar-refractivity contribution is 0.0996. The summed E-state index contributed by atoms with van der Waals surface area (Å²) in [6.45, 7) is 1.99. The Kier molecular flexibility index (Phi) is 4.64. The SMILES string of the molecule is CSCC(C)(O)CNc1nc[nH]c(=O)c1Cl. The second kappa shape index (κ2) is 5.56. The van der Waals surface area contributed by atoms with E-state index in [9.17, 15) is 9.90 Å². The summed E-state index contributed by atoms with van der Waals surface area (Å²) in [6.07, 6.45) is 3.17. The summed E-state index contributed by atoms with van der Waals surface area (Å²) in [5, 5.41) is 12.8. The molecule has 0 saturated carbocycles. The minimum absolute atomic E-state index is 0.00227. The van der Waals surface area contributed by atoms with E-state index in [-0.39, 0.29) is 17.4 Å². The van der Waals surface area contributed by atoms with Crippen LogP contribution in [0.4, 0.5) is 5.82 Å². The largest absolute Gasteiger partial charge is 0.387 e. The standard InChI is InChI=1S/C9H14ClN3O2S/c1-9(15,4-16-2)3-11-7-6(10)8(14)13-5-12-7/h5,15H,3-4H2,1-2H3,(H2,11,12,13,14). The van der Waals surface area contributed by atoms with Gasteiger partial charge in [0.25, 0.3) is 5.56 Å². The van der Waals surface area contributed by atoms with Crippen LogP contribution in [-0.4, -0.2) is 39.2 Å². The highest BCUT2D eigenvalue weighted by Crippen LogP contribution is 2.15. The van der Waals surface area contributed by atoms with Crippen LogP contribution in [0.3, 0.4) is 0 Å². The van der Waals surface area contributed by atoms with Gasteiger partial charge in [-0.3, -0.25) is 4.79 Å². The first-order valence-corrected chi connectivity index (χ1v) is 6.42. The molecule has 0 saturated heterocycles. The summed E-state index contributed by atoms with van der Waals surface area (Å²) in [5.74, 6) is 0.868. The molecule has 1 aromatic rings. The molecule has 0 amide bonds. The molecule has 3 N–H and O–H groups in total. The van der Waals surface area contributed by atoms with Crippen LogP contribution >= 0.6 is 23.4 Å². The monoisotopic (exact) mass is 263 g/mol. The van der Waals surface area contributed by atoms with Crippen LogP contribution in [0, 0.1) is 0 Å². The number of hydrogen-bond donors (Lipinski definition) is 3. The molecule has 0 fully saturated rings. The van der Waals surface area contributed by atoms with Crippen molar-refractivity contribution in [1.82, 2.24) is 9.97 Å². The number of nitrogens with one attached hydrogen (secondary N) is 2. The van der Waals surface area contributed by atoms with E-state index in [0.717, 1.165) is 0 Å². The number of hydrogen-bond acceptors (Lipinski definition) is 5. The summed E-state index contributed by atoms with van der Waals surface area (Å²) >= 11 is 7.28. The Morgan fingerprint density at radius 3 is 3.06 bits per heavy atom. The number of aromatic nitrogens is 2. The Hall–Kier alpha value is -0.720. The van der Waals surface area contributed by atoms with Gasteiger partial charge in [0.05, 0.1) is 11.9 Å². The molecule has 0 aromatic carbocycles. The maximum absolute atomic E-state index is 11.2. The zero-order chi connectivity index (χ0) is 12.2. The van der Waals surface area contributed by atoms with Gasteiger partial charge in [0.2, 0.25) is 0 Å². The van der Waals surface area contributed by atoms with E-state index in [2.05, 4.69) is 15.3 Å². The topological polar surface area (TPSA) is 78.0 Å². The van der Waals surface area contributed by atoms with Crippen molar-refractivity contribution in [2.45, 2.75) is 12.5 Å². The molecule has 0 aliphatic heterocycles. The number of aromatic amines is 1. The first kappa shape index (κ1) is 13.3. The molecule has 0 spiro atoms. The molecule has 0 aliphatic rings. The number of rotatable bonds is 5. The molecule has 5 nitrogen and oxygen atoms in total. The average Bonchev–Trinajstić information content (AvgIpc) is 2.20. The fourth-order valence-corrected chi connectivity index (χ4v) is 2.04. The van der Waals surface area contributed by atoms with Gasteiger partial charge in [-0.1, -0.05) is 11.6 Å². The highest BCUT2D eigenvalue weighted by molar-refractivity contribution is 7.98. The fraction of sp³-hybridized carbons (Fsp3) is 0.556. The third-order valence-electron chi connectivity index (χ3n) is 1.89. The van der Waals surface area contributed by atoms with Crippen molar-refractivity contribution in [3.8, 4) is 0 Å². The van der Waals surface area contributed by atoms with Gasteiger partial charge in [0, 0.05) is 12.3 Å². The first-order valence-electron chi connectivity index (χ1n) is 4.64. The van der Waals surface area contributed by atoms with Gasteiger partial charge in [-0.25, -0.2) is 4.98 Å². The molecule has 16 heavy (non-hydrogen) atoms. The fourth-order valence-electron chi connectivity index (χ4n) is 1.14. The molecule has 90 valence electrons. The molecule has 0 bridgehead atoms. The molecular formula is C9H14ClN3O2S. The maximum atomic E-state index is 11.2. The summed E-state index contributed by atoms with van der Waals surface area (Å²) in [4.78, 5) is 17.4. The highest BCUT2D eigenvalue weighted by atomic mass is 35.5. The first-order chi connectivity index (χ1) is 7.46. The Morgan fingerprint density at radius 1 is 1.75 bits per heavy atom. The third-order valence-corrected chi connectivity index (χ3v) is 3.15. The molecule has 1 rings (SSSR count). The Balaban J connectivity index is 2.68. The molecule has 7 heteroatoms. The Morgan fingerprint density at radius 2 is 2.44 bits per heavy atom. The minimum atomic E-state index is -0.868. The smallest absolute Gasteiger partial charge is 0.271 e. The van der Waals surface area contributed by atoms with E-state index in [1.165, 1.54) is 18.1 Å². The molecule has 1 heterocycles. The predicted molar refractivity (Wildman–Crippen MR) is 67.4 cm³/mol. The molecule has 1 aromatic heterocycles. The molecule has 0 radical (unpaired) electrons. The van der Waals surface area contributed by atoms with Crippen LogP contribution in [0.15, 0.2) is 11.1 Å². The second-order valence-corrected chi connectivity index (χ2v) is 4.92. The van der Waals surface area contributed by atoms with Crippen LogP contribution in [0.1, 0.15) is 6.92 Å². The van der Waals surface area contributed by atoms with E-state index in [1.54, 1.807) is 6.92 Å². The van der Waals surface area contributed by atoms with Gasteiger partial charge in [-0.15, -0.1) is 0 Å². The summed E-state index contributed by atoms with van der Waals surface area (Å²) in [5.41, 5.74) is -1.27. The zero-order valence-electron chi connectivity index (χ0n) is 9.08. The number of aliphatic hydroxyl groups is 1. The Labute approximate surface area is 103 Å². The van der Waals surface area contributed by atoms with Gasteiger partial charge in [0.1, 0.15) is 5.02 Å². The third kappa shape index (κ3) is 3.70. The van der Waals surface area contributed by atoms with Crippen LogP contribution in [0.5, 0.6) is 0 Å². The van der Waals surface area contributed by atoms with Crippen LogP contribution < -0.4 is 10.9 Å². The van der Waals surface area contributed by atoms with Crippen molar-refractivity contribution in [3.63, 3.8) is 0 Å². The van der Waals surface area contributed by atoms with E-state index in [1.807, 2.05) is 6.26 Å². The summed E-state index contributed by atoms with van der Waals surface area (Å²) < 4.78 is 0. The molecule has 1 unspecified atom stereocenters. The quantitative estimate of drug-likeness (QED) is 0.737. The number of nitrogens with zero attached hydrogens (tertiary/aromatic N) is 1. The van der Waals surface area contributed by atoms with Gasteiger partial charge in [-0.05, 0) is 13.2 Å². The van der Waals surface area contributed by atoms with Crippen molar-refractivity contribution in [2.75, 3.05) is 23.9 Å². The van der Waals surface area contributed by atoms with Gasteiger partial charge in [-0.2, -0.15) is 11.8 Å². The molecule has 1 atom stereocenters. The number of halogens is 1. The van der Waals surface area contributed by atoms with Crippen LogP contribution in [0.25, 0.3) is 0 Å². The molecular weight excluding hydrogens is 250 g/mol. The zero-order valence-corrected chi connectivity index (χ0v) is 10.7. The van der Waals surface area contributed by atoms with E-state index in [4.69, 9.17) is 11.6 Å².